The third-order valence-electron chi connectivity index (χ3n) is 5.39. The lowest BCUT2D eigenvalue weighted by Crippen LogP contribution is -2.28. The molecular weight excluding hydrogens is 420 g/mol. The number of rotatable bonds is 9. The van der Waals surface area contributed by atoms with Gasteiger partial charge in [0.05, 0.1) is 18.6 Å². The largest absolute Gasteiger partial charge is 0.458 e. The van der Waals surface area contributed by atoms with E-state index in [-0.39, 0.29) is 24.6 Å². The molecule has 0 amide bonds. The van der Waals surface area contributed by atoms with Crippen molar-refractivity contribution in [1.29, 1.82) is 0 Å². The van der Waals surface area contributed by atoms with E-state index in [0.29, 0.717) is 23.7 Å². The van der Waals surface area contributed by atoms with Crippen LogP contribution in [0.15, 0.2) is 61.2 Å². The Kier molecular flexibility index (Phi) is 8.66. The van der Waals surface area contributed by atoms with E-state index in [2.05, 4.69) is 6.58 Å². The van der Waals surface area contributed by atoms with E-state index in [1.807, 2.05) is 0 Å². The third kappa shape index (κ3) is 7.80. The molecule has 0 unspecified atom stereocenters. The van der Waals surface area contributed by atoms with Crippen LogP contribution in [0.1, 0.15) is 36.8 Å². The average Bonchev–Trinajstić information content (AvgIpc) is 2.80. The third-order valence-corrected chi connectivity index (χ3v) is 5.39. The molecule has 7 nitrogen and oxygen atoms in total. The van der Waals surface area contributed by atoms with Gasteiger partial charge in [0.15, 0.2) is 0 Å². The first-order chi connectivity index (χ1) is 15.9. The van der Waals surface area contributed by atoms with E-state index in [1.54, 1.807) is 54.6 Å². The molecule has 0 bridgehead atoms. The Morgan fingerprint density at radius 2 is 1.67 bits per heavy atom. The van der Waals surface area contributed by atoms with E-state index in [4.69, 9.17) is 25.7 Å². The Morgan fingerprint density at radius 3 is 2.30 bits per heavy atom. The molecule has 174 valence electrons. The molecule has 0 spiro atoms. The standard InChI is InChI=1S/C26H30N2O5/c1-2-13-31-23-10-6-20(7-11-23)26(30)33-24-8-3-18(4-9-24)5-12-25(29)32-17-19-14-21(27)16-22(28)15-19/h2-5,8-9,12,14-16,20,23H,1,6-7,10-11,13,17,27-28H2. The van der Waals surface area contributed by atoms with Crippen molar-refractivity contribution in [3.8, 4) is 5.75 Å². The maximum absolute atomic E-state index is 12.4. The first-order valence-corrected chi connectivity index (χ1v) is 11.0. The maximum Gasteiger partial charge on any atom is 0.331 e. The van der Waals surface area contributed by atoms with Gasteiger partial charge in [-0.05, 0) is 73.2 Å². The molecule has 0 aromatic heterocycles. The van der Waals surface area contributed by atoms with Crippen molar-refractivity contribution in [1.82, 2.24) is 0 Å². The van der Waals surface area contributed by atoms with Crippen LogP contribution in [0.25, 0.3) is 6.08 Å². The Balaban J connectivity index is 1.43. The summed E-state index contributed by atoms with van der Waals surface area (Å²) in [5.41, 5.74) is 14.0. The molecule has 1 fully saturated rings. The highest BCUT2D eigenvalue weighted by molar-refractivity contribution is 5.87. The summed E-state index contributed by atoms with van der Waals surface area (Å²) in [6.07, 6.45) is 8.10. The van der Waals surface area contributed by atoms with Gasteiger partial charge in [-0.2, -0.15) is 0 Å². The molecule has 7 heteroatoms. The molecule has 3 rings (SSSR count). The number of anilines is 2. The molecule has 0 saturated heterocycles. The quantitative estimate of drug-likeness (QED) is 0.193. The molecule has 0 atom stereocenters. The normalized spacial score (nSPS) is 18.1. The molecule has 2 aromatic carbocycles. The number of hydrogen-bond acceptors (Lipinski definition) is 7. The van der Waals surface area contributed by atoms with Gasteiger partial charge < -0.3 is 25.7 Å². The van der Waals surface area contributed by atoms with Crippen LogP contribution in [0.2, 0.25) is 0 Å². The minimum Gasteiger partial charge on any atom is -0.458 e. The van der Waals surface area contributed by atoms with Gasteiger partial charge in [-0.1, -0.05) is 18.2 Å². The fourth-order valence-corrected chi connectivity index (χ4v) is 3.71. The van der Waals surface area contributed by atoms with E-state index in [9.17, 15) is 9.59 Å². The zero-order chi connectivity index (χ0) is 23.6. The van der Waals surface area contributed by atoms with Crippen molar-refractivity contribution in [2.24, 2.45) is 5.92 Å². The highest BCUT2D eigenvalue weighted by atomic mass is 16.5. The van der Waals surface area contributed by atoms with Crippen LogP contribution in [-0.4, -0.2) is 24.6 Å². The lowest BCUT2D eigenvalue weighted by Gasteiger charge is -2.26. The van der Waals surface area contributed by atoms with Gasteiger partial charge in [0.25, 0.3) is 0 Å². The number of ether oxygens (including phenoxy) is 3. The number of esters is 2. The molecule has 1 saturated carbocycles. The molecular formula is C26H30N2O5. The summed E-state index contributed by atoms with van der Waals surface area (Å²) < 4.78 is 16.4. The summed E-state index contributed by atoms with van der Waals surface area (Å²) in [6.45, 7) is 4.27. The molecule has 1 aliphatic carbocycles. The second kappa shape index (κ2) is 11.9. The monoisotopic (exact) mass is 450 g/mol. The highest BCUT2D eigenvalue weighted by Gasteiger charge is 2.28. The topological polar surface area (TPSA) is 114 Å². The predicted octanol–water partition coefficient (Wildman–Crippen LogP) is 4.27. The second-order valence-electron chi connectivity index (χ2n) is 8.03. The smallest absolute Gasteiger partial charge is 0.331 e. The average molecular weight is 451 g/mol. The van der Waals surface area contributed by atoms with Gasteiger partial charge in [0, 0.05) is 17.5 Å². The summed E-state index contributed by atoms with van der Waals surface area (Å²) >= 11 is 0. The highest BCUT2D eigenvalue weighted by Crippen LogP contribution is 2.28. The summed E-state index contributed by atoms with van der Waals surface area (Å²) in [6, 6.07) is 12.0. The van der Waals surface area contributed by atoms with Crippen LogP contribution in [0, 0.1) is 5.92 Å². The first kappa shape index (κ1) is 24.1. The van der Waals surface area contributed by atoms with Gasteiger partial charge in [0.1, 0.15) is 12.4 Å². The Hall–Kier alpha value is -3.58. The minimum atomic E-state index is -0.487. The van der Waals surface area contributed by atoms with Crippen molar-refractivity contribution in [3.63, 3.8) is 0 Å². The molecule has 1 aliphatic rings. The van der Waals surface area contributed by atoms with Crippen molar-refractivity contribution in [3.05, 3.63) is 72.3 Å². The van der Waals surface area contributed by atoms with Gasteiger partial charge in [-0.3, -0.25) is 4.79 Å². The fraction of sp³-hybridized carbons (Fsp3) is 0.308. The molecule has 4 N–H and O–H groups in total. The van der Waals surface area contributed by atoms with Crippen LogP contribution >= 0.6 is 0 Å². The van der Waals surface area contributed by atoms with Crippen LogP contribution in [0.3, 0.4) is 0 Å². The first-order valence-electron chi connectivity index (χ1n) is 11.0. The minimum absolute atomic E-state index is 0.0790. The zero-order valence-corrected chi connectivity index (χ0v) is 18.6. The van der Waals surface area contributed by atoms with E-state index in [0.717, 1.165) is 36.8 Å². The molecule has 2 aromatic rings. The fourth-order valence-electron chi connectivity index (χ4n) is 3.71. The van der Waals surface area contributed by atoms with Gasteiger partial charge >= 0.3 is 11.9 Å². The Morgan fingerprint density at radius 1 is 1.00 bits per heavy atom. The van der Waals surface area contributed by atoms with Crippen molar-refractivity contribution >= 4 is 29.4 Å². The van der Waals surface area contributed by atoms with Crippen LogP contribution in [0.4, 0.5) is 11.4 Å². The number of carbonyl (C=O) groups excluding carboxylic acids is 2. The summed E-state index contributed by atoms with van der Waals surface area (Å²) in [4.78, 5) is 24.4. The van der Waals surface area contributed by atoms with E-state index < -0.39 is 5.97 Å². The predicted molar refractivity (Wildman–Crippen MR) is 128 cm³/mol. The number of nitrogen functional groups attached to an aromatic ring is 2. The van der Waals surface area contributed by atoms with Crippen molar-refractivity contribution in [2.45, 2.75) is 38.4 Å². The van der Waals surface area contributed by atoms with Crippen LogP contribution in [0.5, 0.6) is 5.75 Å². The van der Waals surface area contributed by atoms with E-state index >= 15 is 0 Å². The summed E-state index contributed by atoms with van der Waals surface area (Å²) in [5.74, 6) is -0.340. The van der Waals surface area contributed by atoms with Gasteiger partial charge in [0.2, 0.25) is 0 Å². The molecule has 0 radical (unpaired) electrons. The second-order valence-corrected chi connectivity index (χ2v) is 8.03. The van der Waals surface area contributed by atoms with Crippen molar-refractivity contribution in [2.75, 3.05) is 18.1 Å². The SMILES string of the molecule is C=CCOC1CCC(C(=O)Oc2ccc(C=CC(=O)OCc3cc(N)cc(N)c3)cc2)CC1. The van der Waals surface area contributed by atoms with Gasteiger partial charge in [-0.25, -0.2) is 4.79 Å². The number of hydrogen-bond donors (Lipinski definition) is 2. The number of nitrogens with two attached hydrogens (primary N) is 2. The van der Waals surface area contributed by atoms with Gasteiger partial charge in [-0.15, -0.1) is 6.58 Å². The maximum atomic E-state index is 12.4. The molecule has 0 aliphatic heterocycles. The Labute approximate surface area is 194 Å². The number of carbonyl (C=O) groups is 2. The van der Waals surface area contributed by atoms with E-state index in [1.165, 1.54) is 6.08 Å². The zero-order valence-electron chi connectivity index (χ0n) is 18.6. The lowest BCUT2D eigenvalue weighted by molar-refractivity contribution is -0.141. The summed E-state index contributed by atoms with van der Waals surface area (Å²) in [5, 5.41) is 0. The van der Waals surface area contributed by atoms with Crippen LogP contribution < -0.4 is 16.2 Å². The van der Waals surface area contributed by atoms with Crippen LogP contribution in [-0.2, 0) is 25.7 Å². The summed E-state index contributed by atoms with van der Waals surface area (Å²) in [7, 11) is 0. The molecule has 0 heterocycles. The lowest BCUT2D eigenvalue weighted by atomic mass is 9.87. The van der Waals surface area contributed by atoms with Crippen molar-refractivity contribution < 1.29 is 23.8 Å². The Bertz CT molecular complexity index is 972. The number of benzene rings is 2. The molecule has 33 heavy (non-hydrogen) atoms.